The zero-order valence-electron chi connectivity index (χ0n) is 12.6. The Morgan fingerprint density at radius 3 is 2.48 bits per heavy atom. The van der Waals surface area contributed by atoms with Crippen LogP contribution >= 0.6 is 0 Å². The molecule has 1 fully saturated rings. The Kier molecular flexibility index (Phi) is 4.09. The van der Waals surface area contributed by atoms with Crippen LogP contribution < -0.4 is 0 Å². The maximum Gasteiger partial charge on any atom is 0.0853 e. The number of hydrogen-bond acceptors (Lipinski definition) is 2. The number of hydrogen-bond donors (Lipinski definition) is 1. The summed E-state index contributed by atoms with van der Waals surface area (Å²) in [5.74, 6) is 0. The Labute approximate surface area is 126 Å². The fraction of sp³-hybridized carbons (Fsp3) is 0.368. The minimum absolute atomic E-state index is 0.00542. The summed E-state index contributed by atoms with van der Waals surface area (Å²) in [5.41, 5.74) is 4.83. The van der Waals surface area contributed by atoms with E-state index in [4.69, 9.17) is 4.74 Å². The van der Waals surface area contributed by atoms with Gasteiger partial charge in [0, 0.05) is 6.42 Å². The molecule has 2 aromatic rings. The second-order valence-electron chi connectivity index (χ2n) is 6.05. The molecule has 2 heteroatoms. The van der Waals surface area contributed by atoms with Gasteiger partial charge in [-0.2, -0.15) is 0 Å². The lowest BCUT2D eigenvalue weighted by atomic mass is 9.94. The van der Waals surface area contributed by atoms with Crippen LogP contribution in [0.25, 0.3) is 11.1 Å². The van der Waals surface area contributed by atoms with Crippen molar-refractivity contribution in [3.63, 3.8) is 0 Å². The molecule has 0 unspecified atom stereocenters. The van der Waals surface area contributed by atoms with E-state index in [1.807, 2.05) is 6.92 Å². The Balaban J connectivity index is 1.87. The highest BCUT2D eigenvalue weighted by Gasteiger charge is 2.26. The molecule has 0 aromatic heterocycles. The topological polar surface area (TPSA) is 29.5 Å². The van der Waals surface area contributed by atoms with E-state index in [0.29, 0.717) is 6.42 Å². The quantitative estimate of drug-likeness (QED) is 0.891. The van der Waals surface area contributed by atoms with Crippen molar-refractivity contribution in [3.8, 4) is 11.1 Å². The molecule has 0 amide bonds. The summed E-state index contributed by atoms with van der Waals surface area (Å²) in [6.45, 7) is 4.12. The first-order valence-corrected chi connectivity index (χ1v) is 7.62. The third kappa shape index (κ3) is 3.34. The normalized spacial score (nSPS) is 25.8. The van der Waals surface area contributed by atoms with Crippen molar-refractivity contribution in [3.05, 3.63) is 59.7 Å². The third-order valence-corrected chi connectivity index (χ3v) is 4.13. The van der Waals surface area contributed by atoms with Crippen LogP contribution in [0.3, 0.4) is 0 Å². The maximum absolute atomic E-state index is 9.95. The highest BCUT2D eigenvalue weighted by Crippen LogP contribution is 2.33. The molecule has 0 bridgehead atoms. The van der Waals surface area contributed by atoms with Crippen molar-refractivity contribution in [2.24, 2.45) is 0 Å². The molecule has 2 nitrogen and oxygen atoms in total. The molecule has 0 radical (unpaired) electrons. The molecule has 110 valence electrons. The lowest BCUT2D eigenvalue weighted by Crippen LogP contribution is -2.29. The van der Waals surface area contributed by atoms with Crippen molar-refractivity contribution in [1.82, 2.24) is 0 Å². The van der Waals surface area contributed by atoms with Gasteiger partial charge in [0.1, 0.15) is 0 Å². The summed E-state index contributed by atoms with van der Waals surface area (Å²) in [5, 5.41) is 9.95. The van der Waals surface area contributed by atoms with E-state index in [1.165, 1.54) is 16.7 Å². The summed E-state index contributed by atoms with van der Waals surface area (Å²) in [4.78, 5) is 0. The van der Waals surface area contributed by atoms with E-state index in [9.17, 15) is 5.11 Å². The minimum Gasteiger partial charge on any atom is -0.393 e. The molecule has 0 saturated carbocycles. The van der Waals surface area contributed by atoms with E-state index in [0.717, 1.165) is 12.0 Å². The SMILES string of the molecule is Cc1ccc(-c2cccc([C@H]3C[C@@H](O)C[C@@H](C)O3)c2)cc1. The van der Waals surface area contributed by atoms with Crippen LogP contribution in [0.1, 0.15) is 37.0 Å². The minimum atomic E-state index is -0.262. The zero-order valence-corrected chi connectivity index (χ0v) is 12.6. The van der Waals surface area contributed by atoms with Crippen molar-refractivity contribution in [1.29, 1.82) is 0 Å². The average molecular weight is 282 g/mol. The molecule has 0 aliphatic carbocycles. The van der Waals surface area contributed by atoms with E-state index in [2.05, 4.69) is 55.5 Å². The van der Waals surface area contributed by atoms with E-state index < -0.39 is 0 Å². The smallest absolute Gasteiger partial charge is 0.0853 e. The number of aliphatic hydroxyl groups is 1. The van der Waals surface area contributed by atoms with Crippen LogP contribution in [0.4, 0.5) is 0 Å². The summed E-state index contributed by atoms with van der Waals surface area (Å²) in [6, 6.07) is 17.0. The lowest BCUT2D eigenvalue weighted by Gasteiger charge is -2.31. The number of benzene rings is 2. The Morgan fingerprint density at radius 2 is 1.76 bits per heavy atom. The largest absolute Gasteiger partial charge is 0.393 e. The molecule has 1 saturated heterocycles. The first-order valence-electron chi connectivity index (χ1n) is 7.62. The summed E-state index contributed by atoms with van der Waals surface area (Å²) < 4.78 is 5.99. The molecular formula is C19H22O2. The van der Waals surface area contributed by atoms with Crippen molar-refractivity contribution in [2.75, 3.05) is 0 Å². The van der Waals surface area contributed by atoms with Gasteiger partial charge in [-0.25, -0.2) is 0 Å². The van der Waals surface area contributed by atoms with Gasteiger partial charge in [0.15, 0.2) is 0 Å². The highest BCUT2D eigenvalue weighted by atomic mass is 16.5. The van der Waals surface area contributed by atoms with Gasteiger partial charge in [-0.05, 0) is 43.0 Å². The highest BCUT2D eigenvalue weighted by molar-refractivity contribution is 5.64. The Hall–Kier alpha value is -1.64. The molecule has 0 spiro atoms. The second kappa shape index (κ2) is 6.00. The van der Waals surface area contributed by atoms with Gasteiger partial charge < -0.3 is 9.84 Å². The Bertz CT molecular complexity index is 593. The van der Waals surface area contributed by atoms with Crippen LogP contribution in [-0.4, -0.2) is 17.3 Å². The number of aliphatic hydroxyl groups excluding tert-OH is 1. The Morgan fingerprint density at radius 1 is 1.00 bits per heavy atom. The van der Waals surface area contributed by atoms with Gasteiger partial charge in [-0.15, -0.1) is 0 Å². The van der Waals surface area contributed by atoms with Crippen molar-refractivity contribution in [2.45, 2.75) is 45.0 Å². The third-order valence-electron chi connectivity index (χ3n) is 4.13. The van der Waals surface area contributed by atoms with E-state index >= 15 is 0 Å². The van der Waals surface area contributed by atoms with Gasteiger partial charge in [0.2, 0.25) is 0 Å². The van der Waals surface area contributed by atoms with Crippen molar-refractivity contribution >= 4 is 0 Å². The lowest BCUT2D eigenvalue weighted by molar-refractivity contribution is -0.0895. The van der Waals surface area contributed by atoms with Crippen LogP contribution in [0, 0.1) is 6.92 Å². The van der Waals surface area contributed by atoms with E-state index in [-0.39, 0.29) is 18.3 Å². The molecule has 1 heterocycles. The van der Waals surface area contributed by atoms with Gasteiger partial charge in [0.25, 0.3) is 0 Å². The van der Waals surface area contributed by atoms with Crippen molar-refractivity contribution < 1.29 is 9.84 Å². The van der Waals surface area contributed by atoms with Crippen LogP contribution in [0.2, 0.25) is 0 Å². The average Bonchev–Trinajstić information content (AvgIpc) is 2.47. The fourth-order valence-corrected chi connectivity index (χ4v) is 3.00. The van der Waals surface area contributed by atoms with Crippen LogP contribution in [0.5, 0.6) is 0 Å². The zero-order chi connectivity index (χ0) is 14.8. The van der Waals surface area contributed by atoms with Gasteiger partial charge in [-0.3, -0.25) is 0 Å². The molecule has 2 aromatic carbocycles. The van der Waals surface area contributed by atoms with Gasteiger partial charge in [0.05, 0.1) is 18.3 Å². The monoisotopic (exact) mass is 282 g/mol. The molecule has 21 heavy (non-hydrogen) atoms. The summed E-state index contributed by atoms with van der Waals surface area (Å²) in [6.07, 6.45) is 1.26. The molecule has 3 atom stereocenters. The number of aryl methyl sites for hydroxylation is 1. The molecule has 1 aliphatic rings. The standard InChI is InChI=1S/C19H22O2/c1-13-6-8-15(9-7-13)16-4-3-5-17(11-16)19-12-18(20)10-14(2)21-19/h3-9,11,14,18-20H,10,12H2,1-2H3/t14-,18+,19-/m1/s1. The number of rotatable bonds is 2. The molecule has 3 rings (SSSR count). The second-order valence-corrected chi connectivity index (χ2v) is 6.05. The first-order chi connectivity index (χ1) is 10.1. The molecule has 1 aliphatic heterocycles. The van der Waals surface area contributed by atoms with Crippen LogP contribution in [0.15, 0.2) is 48.5 Å². The maximum atomic E-state index is 9.95. The van der Waals surface area contributed by atoms with Crippen LogP contribution in [-0.2, 0) is 4.74 Å². The predicted octanol–water partition coefficient (Wildman–Crippen LogP) is 4.26. The summed E-state index contributed by atoms with van der Waals surface area (Å²) in [7, 11) is 0. The molecular weight excluding hydrogens is 260 g/mol. The van der Waals surface area contributed by atoms with Gasteiger partial charge in [-0.1, -0.05) is 48.0 Å². The van der Waals surface area contributed by atoms with Gasteiger partial charge >= 0.3 is 0 Å². The fourth-order valence-electron chi connectivity index (χ4n) is 3.00. The first kappa shape index (κ1) is 14.3. The molecule has 1 N–H and O–H groups in total. The predicted molar refractivity (Wildman–Crippen MR) is 85.1 cm³/mol. The number of ether oxygens (including phenoxy) is 1. The van der Waals surface area contributed by atoms with E-state index in [1.54, 1.807) is 0 Å². The summed E-state index contributed by atoms with van der Waals surface area (Å²) >= 11 is 0.